The van der Waals surface area contributed by atoms with Crippen LogP contribution in [-0.2, 0) is 27.4 Å². The maximum absolute atomic E-state index is 12.3. The highest BCUT2D eigenvalue weighted by molar-refractivity contribution is 5.91. The molecule has 0 saturated carbocycles. The number of hydrogen-bond acceptors (Lipinski definition) is 4. The number of rotatable bonds is 9. The van der Waals surface area contributed by atoms with Gasteiger partial charge in [0, 0.05) is 13.1 Å². The summed E-state index contributed by atoms with van der Waals surface area (Å²) in [6.45, 7) is 0.768. The molecule has 0 saturated heterocycles. The van der Waals surface area contributed by atoms with Crippen LogP contribution in [0.25, 0.3) is 0 Å². The minimum atomic E-state index is -4.39. The van der Waals surface area contributed by atoms with E-state index in [1.54, 1.807) is 4.90 Å². The number of esters is 1. The number of likely N-dealkylation sites (N-methyl/N-ethyl adjacent to an activating group) is 1. The first-order valence-electron chi connectivity index (χ1n) is 9.00. The number of nitrogens with zero attached hydrogens (tertiary/aromatic N) is 1. The fourth-order valence-corrected chi connectivity index (χ4v) is 2.50. The highest BCUT2D eigenvalue weighted by Gasteiger charge is 2.27. The summed E-state index contributed by atoms with van der Waals surface area (Å²) in [6, 6.07) is 15.2. The second kappa shape index (κ2) is 10.6. The lowest BCUT2D eigenvalue weighted by Gasteiger charge is -2.20. The first-order valence-corrected chi connectivity index (χ1v) is 9.00. The molecular formula is C21H22F3NO4. The molecule has 2 aromatic rings. The van der Waals surface area contributed by atoms with Gasteiger partial charge in [0.1, 0.15) is 6.61 Å². The normalized spacial score (nSPS) is 11.2. The van der Waals surface area contributed by atoms with Crippen molar-refractivity contribution in [2.24, 2.45) is 0 Å². The van der Waals surface area contributed by atoms with E-state index in [9.17, 15) is 22.8 Å². The van der Waals surface area contributed by atoms with Gasteiger partial charge in [0.25, 0.3) is 5.91 Å². The smallest absolute Gasteiger partial charge is 0.411 e. The van der Waals surface area contributed by atoms with E-state index in [0.717, 1.165) is 5.56 Å². The van der Waals surface area contributed by atoms with E-state index in [-0.39, 0.29) is 18.1 Å². The van der Waals surface area contributed by atoms with E-state index >= 15 is 0 Å². The Morgan fingerprint density at radius 1 is 0.966 bits per heavy atom. The van der Waals surface area contributed by atoms with E-state index in [0.29, 0.717) is 18.7 Å². The van der Waals surface area contributed by atoms with Gasteiger partial charge in [0.2, 0.25) is 0 Å². The van der Waals surface area contributed by atoms with Crippen molar-refractivity contribution < 1.29 is 32.2 Å². The Labute approximate surface area is 167 Å². The predicted molar refractivity (Wildman–Crippen MR) is 100.0 cm³/mol. The number of carbonyl (C=O) groups excluding carboxylic acids is 2. The first-order chi connectivity index (χ1) is 13.8. The molecule has 0 bridgehead atoms. The Morgan fingerprint density at radius 3 is 2.21 bits per heavy atom. The van der Waals surface area contributed by atoms with Crippen LogP contribution in [0.15, 0.2) is 54.6 Å². The molecule has 5 nitrogen and oxygen atoms in total. The largest absolute Gasteiger partial charge is 0.452 e. The molecule has 0 fully saturated rings. The Kier molecular flexibility index (Phi) is 8.21. The maximum atomic E-state index is 12.3. The Bertz CT molecular complexity index is 792. The van der Waals surface area contributed by atoms with Gasteiger partial charge in [-0.2, -0.15) is 13.2 Å². The van der Waals surface area contributed by atoms with Gasteiger partial charge in [-0.3, -0.25) is 4.79 Å². The van der Waals surface area contributed by atoms with Crippen molar-refractivity contribution in [3.63, 3.8) is 0 Å². The van der Waals surface area contributed by atoms with Crippen LogP contribution >= 0.6 is 0 Å². The van der Waals surface area contributed by atoms with E-state index in [2.05, 4.69) is 4.74 Å². The van der Waals surface area contributed by atoms with Gasteiger partial charge >= 0.3 is 12.1 Å². The molecule has 156 valence electrons. The van der Waals surface area contributed by atoms with E-state index in [1.807, 2.05) is 37.3 Å². The summed E-state index contributed by atoms with van der Waals surface area (Å²) >= 11 is 0. The minimum Gasteiger partial charge on any atom is -0.452 e. The molecule has 0 aromatic heterocycles. The molecule has 29 heavy (non-hydrogen) atoms. The van der Waals surface area contributed by atoms with E-state index in [4.69, 9.17) is 4.74 Å². The molecule has 0 aliphatic heterocycles. The van der Waals surface area contributed by atoms with Crippen molar-refractivity contribution in [2.75, 3.05) is 19.8 Å². The van der Waals surface area contributed by atoms with Gasteiger partial charge in [-0.25, -0.2) is 4.79 Å². The van der Waals surface area contributed by atoms with Crippen molar-refractivity contribution in [1.82, 2.24) is 4.90 Å². The molecule has 1 amide bonds. The summed E-state index contributed by atoms with van der Waals surface area (Å²) < 4.78 is 45.8. The molecule has 0 atom stereocenters. The van der Waals surface area contributed by atoms with Crippen molar-refractivity contribution in [1.29, 1.82) is 0 Å². The fraction of sp³-hybridized carbons (Fsp3) is 0.333. The number of carbonyl (C=O) groups is 2. The number of halogens is 3. The lowest BCUT2D eigenvalue weighted by molar-refractivity contribution is -0.176. The highest BCUT2D eigenvalue weighted by atomic mass is 19.4. The van der Waals surface area contributed by atoms with Crippen LogP contribution < -0.4 is 0 Å². The number of alkyl halides is 3. The van der Waals surface area contributed by atoms with Crippen molar-refractivity contribution >= 4 is 11.9 Å². The molecule has 0 aliphatic carbocycles. The molecule has 0 spiro atoms. The second-order valence-corrected chi connectivity index (χ2v) is 6.27. The molecule has 0 heterocycles. The average Bonchev–Trinajstić information content (AvgIpc) is 2.70. The summed E-state index contributed by atoms with van der Waals surface area (Å²) in [5.74, 6) is -1.00. The van der Waals surface area contributed by atoms with Crippen LogP contribution in [0.4, 0.5) is 13.2 Å². The third kappa shape index (κ3) is 7.95. The fourth-order valence-electron chi connectivity index (χ4n) is 2.50. The summed E-state index contributed by atoms with van der Waals surface area (Å²) in [7, 11) is 0. The molecule has 0 unspecified atom stereocenters. The summed E-state index contributed by atoms with van der Waals surface area (Å²) in [5, 5.41) is 0. The van der Waals surface area contributed by atoms with E-state index < -0.39 is 25.4 Å². The molecule has 0 radical (unpaired) electrons. The predicted octanol–water partition coefficient (Wildman–Crippen LogP) is 3.97. The number of hydrogen-bond donors (Lipinski definition) is 0. The van der Waals surface area contributed by atoms with Crippen LogP contribution in [0.5, 0.6) is 0 Å². The van der Waals surface area contributed by atoms with Crippen molar-refractivity contribution in [3.05, 3.63) is 71.3 Å². The monoisotopic (exact) mass is 409 g/mol. The van der Waals surface area contributed by atoms with Gasteiger partial charge < -0.3 is 14.4 Å². The molecular weight excluding hydrogens is 387 g/mol. The van der Waals surface area contributed by atoms with Gasteiger partial charge in [0.15, 0.2) is 6.61 Å². The van der Waals surface area contributed by atoms with Gasteiger partial charge in [-0.05, 0) is 30.2 Å². The van der Waals surface area contributed by atoms with Crippen LogP contribution in [0.1, 0.15) is 28.4 Å². The maximum Gasteiger partial charge on any atom is 0.411 e. The third-order valence-electron chi connectivity index (χ3n) is 4.00. The second-order valence-electron chi connectivity index (χ2n) is 6.27. The minimum absolute atomic E-state index is 0.198. The summed E-state index contributed by atoms with van der Waals surface area (Å²) in [6.07, 6.45) is -4.39. The third-order valence-corrected chi connectivity index (χ3v) is 4.00. The zero-order valence-corrected chi connectivity index (χ0v) is 15.9. The average molecular weight is 409 g/mol. The van der Waals surface area contributed by atoms with Crippen LogP contribution in [0, 0.1) is 0 Å². The molecule has 2 aromatic carbocycles. The Balaban J connectivity index is 1.82. The van der Waals surface area contributed by atoms with Crippen LogP contribution in [-0.4, -0.2) is 42.7 Å². The quantitative estimate of drug-likeness (QED) is 0.588. The van der Waals surface area contributed by atoms with Crippen molar-refractivity contribution in [3.8, 4) is 0 Å². The Morgan fingerprint density at radius 2 is 1.62 bits per heavy atom. The topological polar surface area (TPSA) is 55.8 Å². The van der Waals surface area contributed by atoms with Gasteiger partial charge in [0.05, 0.1) is 12.2 Å². The number of amides is 1. The van der Waals surface area contributed by atoms with Crippen molar-refractivity contribution in [2.45, 2.75) is 26.3 Å². The van der Waals surface area contributed by atoms with E-state index in [1.165, 1.54) is 24.3 Å². The SMILES string of the molecule is CCN(Cc1ccccc1)C(=O)COC(=O)c1ccc(COCC(F)(F)F)cc1. The zero-order valence-electron chi connectivity index (χ0n) is 15.9. The molecule has 0 N–H and O–H groups in total. The number of benzene rings is 2. The molecule has 8 heteroatoms. The number of ether oxygens (including phenoxy) is 2. The zero-order chi connectivity index (χ0) is 21.3. The highest BCUT2D eigenvalue weighted by Crippen LogP contribution is 2.16. The van der Waals surface area contributed by atoms with Crippen LogP contribution in [0.3, 0.4) is 0 Å². The Hall–Kier alpha value is -2.87. The first kappa shape index (κ1) is 22.4. The molecule has 0 aliphatic rings. The summed E-state index contributed by atoms with van der Waals surface area (Å²) in [4.78, 5) is 26.0. The van der Waals surface area contributed by atoms with Crippen LogP contribution in [0.2, 0.25) is 0 Å². The summed E-state index contributed by atoms with van der Waals surface area (Å²) in [5.41, 5.74) is 1.66. The molecule has 2 rings (SSSR count). The van der Waals surface area contributed by atoms with Gasteiger partial charge in [-0.1, -0.05) is 42.5 Å². The lowest BCUT2D eigenvalue weighted by atomic mass is 10.1. The van der Waals surface area contributed by atoms with Gasteiger partial charge in [-0.15, -0.1) is 0 Å². The lowest BCUT2D eigenvalue weighted by Crippen LogP contribution is -2.34. The standard InChI is InChI=1S/C21H22F3NO4/c1-2-25(12-16-6-4-3-5-7-16)19(26)14-29-20(27)18-10-8-17(9-11-18)13-28-15-21(22,23)24/h3-11H,2,12-15H2,1H3.